The summed E-state index contributed by atoms with van der Waals surface area (Å²) >= 11 is 1.40. The number of β-amino-alcohol motifs (C(OH)–C–C–N with tert-alkyl or cyclic N) is 1. The molecule has 15 nitrogen and oxygen atoms in total. The van der Waals surface area contributed by atoms with Crippen LogP contribution in [0.5, 0.6) is 0 Å². The van der Waals surface area contributed by atoms with Gasteiger partial charge in [-0.2, -0.15) is 0 Å². The number of hydrogen-bond donors (Lipinski definition) is 5. The molecule has 0 spiro atoms. The molecule has 16 heteroatoms. The number of aliphatic carboxylic acids is 1. The number of tetrazole rings is 1. The number of carbonyl (C=O) groups is 4. The molecule has 3 amide bonds. The standard InChI is InChI=1S/C23H33N9O6S/c1-10-18-17(11(2)27-16(34)8-31-9-26-28-29-31)22(36)32(18)19(23(37)38)20(10)39-12-5-14(25-6-12)21(35)30-4-3-13(24)15(33)7-30/h9-15,17-18,25,33H,3-8,24H2,1-2H3,(H,27,34)(H,37,38)/t10-,11-,12+,13?,14+,15?,17-,18-/m1/s1. The molecule has 0 radical (unpaired) electrons. The molecule has 8 atom stereocenters. The number of carboxylic acid groups (broad SMARTS) is 1. The second kappa shape index (κ2) is 10.8. The number of rotatable bonds is 8. The molecule has 4 aliphatic rings. The molecular formula is C23H33N9O6S. The normalized spacial score (nSPS) is 33.1. The van der Waals surface area contributed by atoms with Gasteiger partial charge in [-0.3, -0.25) is 14.4 Å². The number of fused-ring (bicyclic) bond motifs is 1. The second-order valence-electron chi connectivity index (χ2n) is 10.6. The maximum Gasteiger partial charge on any atom is 0.353 e. The average molecular weight is 564 g/mol. The maximum absolute atomic E-state index is 13.1. The molecule has 3 saturated heterocycles. The summed E-state index contributed by atoms with van der Waals surface area (Å²) in [6.45, 7) is 4.73. The van der Waals surface area contributed by atoms with Crippen LogP contribution in [0, 0.1) is 11.8 Å². The Labute approximate surface area is 228 Å². The molecule has 0 aromatic carbocycles. The van der Waals surface area contributed by atoms with E-state index in [2.05, 4.69) is 26.2 Å². The smallest absolute Gasteiger partial charge is 0.353 e. The van der Waals surface area contributed by atoms with E-state index in [9.17, 15) is 29.4 Å². The molecular weight excluding hydrogens is 530 g/mol. The van der Waals surface area contributed by atoms with Crippen LogP contribution >= 0.6 is 11.8 Å². The van der Waals surface area contributed by atoms with Crippen molar-refractivity contribution in [2.75, 3.05) is 19.6 Å². The van der Waals surface area contributed by atoms with Crippen LogP contribution in [-0.4, -0.2) is 119 Å². The maximum atomic E-state index is 13.1. The zero-order valence-corrected chi connectivity index (χ0v) is 22.5. The van der Waals surface area contributed by atoms with Gasteiger partial charge in [-0.15, -0.1) is 16.9 Å². The lowest BCUT2D eigenvalue weighted by atomic mass is 9.78. The van der Waals surface area contributed by atoms with Crippen molar-refractivity contribution in [1.82, 2.24) is 40.6 Å². The van der Waals surface area contributed by atoms with E-state index < -0.39 is 30.1 Å². The van der Waals surface area contributed by atoms with E-state index in [-0.39, 0.29) is 59.8 Å². The summed E-state index contributed by atoms with van der Waals surface area (Å²) < 4.78 is 1.27. The lowest BCUT2D eigenvalue weighted by Gasteiger charge is -2.47. The highest BCUT2D eigenvalue weighted by Gasteiger charge is 2.60. The summed E-state index contributed by atoms with van der Waals surface area (Å²) in [5.41, 5.74) is 5.84. The number of aromatic nitrogens is 4. The number of piperidine rings is 1. The number of β-lactam (4-membered cyclic amide) rings is 1. The summed E-state index contributed by atoms with van der Waals surface area (Å²) in [6.07, 6.45) is 1.59. The predicted molar refractivity (Wildman–Crippen MR) is 136 cm³/mol. The van der Waals surface area contributed by atoms with Crippen LogP contribution in [0.15, 0.2) is 16.9 Å². The minimum atomic E-state index is -1.17. The van der Waals surface area contributed by atoms with Crippen LogP contribution in [0.1, 0.15) is 26.7 Å². The fourth-order valence-electron chi connectivity index (χ4n) is 6.02. The lowest BCUT2D eigenvalue weighted by molar-refractivity contribution is -0.158. The van der Waals surface area contributed by atoms with Crippen LogP contribution in [0.4, 0.5) is 0 Å². The Morgan fingerprint density at radius 1 is 1.36 bits per heavy atom. The average Bonchev–Trinajstić information content (AvgIpc) is 3.61. The lowest BCUT2D eigenvalue weighted by Crippen LogP contribution is -2.66. The molecule has 6 N–H and O–H groups in total. The van der Waals surface area contributed by atoms with Gasteiger partial charge in [0.05, 0.1) is 24.1 Å². The highest BCUT2D eigenvalue weighted by atomic mass is 32.2. The highest BCUT2D eigenvalue weighted by molar-refractivity contribution is 8.03. The number of thioether (sulfide) groups is 1. The van der Waals surface area contributed by atoms with Gasteiger partial charge in [-0.25, -0.2) is 9.48 Å². The van der Waals surface area contributed by atoms with Crippen LogP contribution < -0.4 is 16.4 Å². The number of likely N-dealkylation sites (tertiary alicyclic amines) is 1. The zero-order chi connectivity index (χ0) is 28.0. The number of amides is 3. The summed E-state index contributed by atoms with van der Waals surface area (Å²) in [5.74, 6) is -2.79. The first-order chi connectivity index (χ1) is 18.6. The quantitative estimate of drug-likeness (QED) is 0.205. The van der Waals surface area contributed by atoms with Gasteiger partial charge in [0.1, 0.15) is 18.6 Å². The van der Waals surface area contributed by atoms with Crippen LogP contribution in [0.3, 0.4) is 0 Å². The fraction of sp³-hybridized carbons (Fsp3) is 0.696. The van der Waals surface area contributed by atoms with E-state index in [4.69, 9.17) is 5.73 Å². The minimum absolute atomic E-state index is 0.0196. The summed E-state index contributed by atoms with van der Waals surface area (Å²) in [4.78, 5) is 54.4. The molecule has 3 fully saturated rings. The highest BCUT2D eigenvalue weighted by Crippen LogP contribution is 2.51. The van der Waals surface area contributed by atoms with Crippen LogP contribution in [-0.2, 0) is 25.7 Å². The second-order valence-corrected chi connectivity index (χ2v) is 12.0. The first-order valence-corrected chi connectivity index (χ1v) is 13.9. The molecule has 2 unspecified atom stereocenters. The molecule has 1 aromatic heterocycles. The predicted octanol–water partition coefficient (Wildman–Crippen LogP) is -2.67. The van der Waals surface area contributed by atoms with E-state index in [0.717, 1.165) is 0 Å². The van der Waals surface area contributed by atoms with E-state index >= 15 is 0 Å². The van der Waals surface area contributed by atoms with Gasteiger partial charge < -0.3 is 36.4 Å². The first-order valence-electron chi connectivity index (χ1n) is 13.0. The molecule has 5 rings (SSSR count). The number of carbonyl (C=O) groups excluding carboxylic acids is 3. The SMILES string of the molecule is C[C@@H](NC(=O)Cn1cnnn1)[C@H]1C(=O)N2C(C(=O)O)=C(S[C@@H]3CN[C@H](C(=O)N4CCC(N)C(O)C4)C3)[C@H](C)[C@H]12. The van der Waals surface area contributed by atoms with Crippen molar-refractivity contribution in [3.05, 3.63) is 16.9 Å². The Morgan fingerprint density at radius 3 is 2.79 bits per heavy atom. The Bertz CT molecular complexity index is 1180. The topological polar surface area (TPSA) is 209 Å². The van der Waals surface area contributed by atoms with Crippen molar-refractivity contribution in [3.63, 3.8) is 0 Å². The number of hydrogen-bond acceptors (Lipinski definition) is 11. The van der Waals surface area contributed by atoms with Crippen molar-refractivity contribution in [1.29, 1.82) is 0 Å². The van der Waals surface area contributed by atoms with Gasteiger partial charge in [0.2, 0.25) is 17.7 Å². The molecule has 4 aliphatic heterocycles. The van der Waals surface area contributed by atoms with Gasteiger partial charge >= 0.3 is 5.97 Å². The first kappa shape index (κ1) is 27.5. The van der Waals surface area contributed by atoms with Crippen LogP contribution in [0.25, 0.3) is 0 Å². The molecule has 0 aliphatic carbocycles. The zero-order valence-electron chi connectivity index (χ0n) is 21.6. The van der Waals surface area contributed by atoms with E-state index in [1.165, 1.54) is 27.7 Å². The molecule has 5 heterocycles. The third kappa shape index (κ3) is 5.13. The Morgan fingerprint density at radius 2 is 2.13 bits per heavy atom. The van der Waals surface area contributed by atoms with Crippen molar-refractivity contribution < 1.29 is 29.4 Å². The Balaban J connectivity index is 1.22. The number of aliphatic hydroxyl groups is 1. The summed E-state index contributed by atoms with van der Waals surface area (Å²) in [7, 11) is 0. The fourth-order valence-corrected chi connectivity index (χ4v) is 7.50. The van der Waals surface area contributed by atoms with Crippen LogP contribution in [0.2, 0.25) is 0 Å². The number of nitrogens with one attached hydrogen (secondary N) is 2. The molecule has 0 bridgehead atoms. The van der Waals surface area contributed by atoms with Gasteiger partial charge in [0, 0.05) is 47.8 Å². The van der Waals surface area contributed by atoms with E-state index in [1.807, 2.05) is 6.92 Å². The van der Waals surface area contributed by atoms with Crippen molar-refractivity contribution in [2.24, 2.45) is 17.6 Å². The van der Waals surface area contributed by atoms with E-state index in [0.29, 0.717) is 30.8 Å². The van der Waals surface area contributed by atoms with Gasteiger partial charge in [-0.05, 0) is 30.2 Å². The Kier molecular flexibility index (Phi) is 7.63. The molecule has 1 aromatic rings. The Hall–Kier alpha value is -3.08. The number of aliphatic hydroxyl groups excluding tert-OH is 1. The largest absolute Gasteiger partial charge is 0.477 e. The van der Waals surface area contributed by atoms with Gasteiger partial charge in [0.25, 0.3) is 0 Å². The molecule has 212 valence electrons. The third-order valence-corrected chi connectivity index (χ3v) is 9.56. The van der Waals surface area contributed by atoms with E-state index in [1.54, 1.807) is 11.8 Å². The molecule has 39 heavy (non-hydrogen) atoms. The van der Waals surface area contributed by atoms with Crippen molar-refractivity contribution in [2.45, 2.75) is 68.8 Å². The number of nitrogens with two attached hydrogens (primary N) is 1. The number of nitrogens with zero attached hydrogens (tertiary/aromatic N) is 6. The van der Waals surface area contributed by atoms with Gasteiger partial charge in [0.15, 0.2) is 0 Å². The molecule has 0 saturated carbocycles. The van der Waals surface area contributed by atoms with Crippen molar-refractivity contribution >= 4 is 35.5 Å². The summed E-state index contributed by atoms with van der Waals surface area (Å²) in [5, 5.41) is 36.7. The van der Waals surface area contributed by atoms with Gasteiger partial charge in [-0.1, -0.05) is 6.92 Å². The monoisotopic (exact) mass is 563 g/mol. The number of carboxylic acids is 1. The van der Waals surface area contributed by atoms with Crippen molar-refractivity contribution in [3.8, 4) is 0 Å². The third-order valence-electron chi connectivity index (χ3n) is 8.04. The summed E-state index contributed by atoms with van der Waals surface area (Å²) in [6, 6.07) is -1.68. The minimum Gasteiger partial charge on any atom is -0.477 e.